The van der Waals surface area contributed by atoms with Gasteiger partial charge in [-0.1, -0.05) is 66.7 Å². The minimum Gasteiger partial charge on any atom is -0.508 e. The molecule has 0 aliphatic rings. The van der Waals surface area contributed by atoms with Gasteiger partial charge in [-0.2, -0.15) is 0 Å². The molecular formula is C34H54N4O8. The molecule has 3 amide bonds. The average molecular weight is 647 g/mol. The van der Waals surface area contributed by atoms with Crippen LogP contribution in [0.4, 0.5) is 0 Å². The van der Waals surface area contributed by atoms with Crippen molar-refractivity contribution < 1.29 is 38.6 Å². The number of phenols is 1. The lowest BCUT2D eigenvalue weighted by Gasteiger charge is -2.40. The van der Waals surface area contributed by atoms with E-state index in [1.54, 1.807) is 51.4 Å². The van der Waals surface area contributed by atoms with E-state index in [0.717, 1.165) is 5.56 Å². The highest BCUT2D eigenvalue weighted by Gasteiger charge is 2.41. The molecule has 1 rings (SSSR count). The molecular weight excluding hydrogens is 592 g/mol. The average Bonchev–Trinajstić information content (AvgIpc) is 2.98. The van der Waals surface area contributed by atoms with Gasteiger partial charge in [0.25, 0.3) is 0 Å². The number of benzene rings is 1. The second-order valence-electron chi connectivity index (χ2n) is 13.5. The van der Waals surface area contributed by atoms with Crippen molar-refractivity contribution in [3.8, 4) is 5.75 Å². The lowest BCUT2D eigenvalue weighted by atomic mass is 9.76. The van der Waals surface area contributed by atoms with Crippen molar-refractivity contribution in [2.24, 2.45) is 11.3 Å². The molecule has 0 saturated carbocycles. The minimum absolute atomic E-state index is 0.00547. The molecule has 0 fully saturated rings. The van der Waals surface area contributed by atoms with Crippen LogP contribution in [-0.2, 0) is 38.9 Å². The van der Waals surface area contributed by atoms with Crippen molar-refractivity contribution in [3.63, 3.8) is 0 Å². The van der Waals surface area contributed by atoms with Crippen molar-refractivity contribution >= 4 is 29.7 Å². The van der Waals surface area contributed by atoms with Crippen LogP contribution in [0, 0.1) is 11.3 Å². The number of methoxy groups -OCH3 is 2. The summed E-state index contributed by atoms with van der Waals surface area (Å²) in [5, 5.41) is 18.4. The van der Waals surface area contributed by atoms with Crippen molar-refractivity contribution in [1.29, 1.82) is 0 Å². The Labute approximate surface area is 273 Å². The van der Waals surface area contributed by atoms with Crippen LogP contribution in [0.5, 0.6) is 5.75 Å². The van der Waals surface area contributed by atoms with E-state index in [4.69, 9.17) is 4.74 Å². The predicted octanol–water partition coefficient (Wildman–Crippen LogP) is 2.83. The number of carbonyl (C=O) groups excluding carboxylic acids is 5. The Morgan fingerprint density at radius 1 is 0.935 bits per heavy atom. The lowest BCUT2D eigenvalue weighted by Crippen LogP contribution is -2.61. The van der Waals surface area contributed by atoms with Crippen molar-refractivity contribution in [2.75, 3.05) is 28.3 Å². The van der Waals surface area contributed by atoms with Gasteiger partial charge in [-0.15, -0.1) is 0 Å². The molecule has 1 aromatic carbocycles. The summed E-state index contributed by atoms with van der Waals surface area (Å²) in [4.78, 5) is 66.4. The third-order valence-electron chi connectivity index (χ3n) is 8.20. The first-order valence-corrected chi connectivity index (χ1v) is 15.4. The summed E-state index contributed by atoms with van der Waals surface area (Å²) in [5.41, 5.74) is -0.287. The van der Waals surface area contributed by atoms with E-state index in [9.17, 15) is 29.1 Å². The Morgan fingerprint density at radius 2 is 1.50 bits per heavy atom. The van der Waals surface area contributed by atoms with E-state index in [1.165, 1.54) is 19.1 Å². The molecule has 0 aromatic heterocycles. The number of esters is 2. The smallest absolute Gasteiger partial charge is 0.328 e. The number of rotatable bonds is 15. The van der Waals surface area contributed by atoms with Gasteiger partial charge >= 0.3 is 11.9 Å². The topological polar surface area (TPSA) is 163 Å². The minimum atomic E-state index is -1.07. The number of ether oxygens (including phenoxy) is 2. The zero-order valence-electron chi connectivity index (χ0n) is 29.4. The Kier molecular flexibility index (Phi) is 14.9. The molecule has 0 radical (unpaired) electrons. The molecule has 4 N–H and O–H groups in total. The number of nitrogens with zero attached hydrogens (tertiary/aromatic N) is 1. The molecule has 1 unspecified atom stereocenters. The van der Waals surface area contributed by atoms with Crippen LogP contribution >= 0.6 is 0 Å². The van der Waals surface area contributed by atoms with E-state index in [1.807, 2.05) is 48.5 Å². The van der Waals surface area contributed by atoms with Crippen LogP contribution in [0.2, 0.25) is 0 Å². The Hall–Kier alpha value is -3.93. The first kappa shape index (κ1) is 40.1. The van der Waals surface area contributed by atoms with Crippen LogP contribution in [-0.4, -0.2) is 92.1 Å². The molecule has 0 saturated heterocycles. The summed E-state index contributed by atoms with van der Waals surface area (Å²) in [5.74, 6) is -2.49. The van der Waals surface area contributed by atoms with Crippen molar-refractivity contribution in [1.82, 2.24) is 20.9 Å². The number of hydrogen-bond donors (Lipinski definition) is 4. The van der Waals surface area contributed by atoms with Gasteiger partial charge in [0.1, 0.15) is 17.8 Å². The molecule has 258 valence electrons. The Morgan fingerprint density at radius 3 is 1.96 bits per heavy atom. The summed E-state index contributed by atoms with van der Waals surface area (Å²) in [6, 6.07) is 3.42. The van der Waals surface area contributed by atoms with Gasteiger partial charge in [0.15, 0.2) is 0 Å². The molecule has 12 nitrogen and oxygen atoms in total. The number of amides is 3. The van der Waals surface area contributed by atoms with E-state index < -0.39 is 52.8 Å². The van der Waals surface area contributed by atoms with Gasteiger partial charge in [0, 0.05) is 24.5 Å². The molecule has 0 spiro atoms. The molecule has 12 heteroatoms. The standard InChI is InChI=1S/C34H54N4O8/c1-20(2)25(19-21(3)29(41)36-24(32(44)46-12)17-18-26(40)45-11)38(10)31(43)28(33(4,5)6)37-30(42)27(35-9)34(7,8)22-13-15-23(39)16-14-22/h13-16,19-20,24-25,27-28,35,39H,17-18H2,1-12H3,(H,36,41)(H,37,42)/b21-19+/t24-,25-,27?,28-/m1/s1. The number of aromatic hydroxyl groups is 1. The van der Waals surface area contributed by atoms with Crippen molar-refractivity contribution in [2.45, 2.75) is 97.8 Å². The Bertz CT molecular complexity index is 1250. The first-order valence-electron chi connectivity index (χ1n) is 15.4. The van der Waals surface area contributed by atoms with E-state index in [2.05, 4.69) is 20.7 Å². The molecule has 4 atom stereocenters. The molecule has 0 aliphatic heterocycles. The quantitative estimate of drug-likeness (QED) is 0.166. The summed E-state index contributed by atoms with van der Waals surface area (Å²) in [7, 11) is 5.73. The van der Waals surface area contributed by atoms with Gasteiger partial charge in [0.05, 0.1) is 26.3 Å². The SMILES string of the molecule is CNC(C(=O)N[C@H](C(=O)N(C)[C@H](/C=C(\C)C(=O)N[C@H](CCC(=O)OC)C(=O)OC)C(C)C)C(C)(C)C)C(C)(C)c1ccc(O)cc1. The fourth-order valence-corrected chi connectivity index (χ4v) is 5.21. The lowest BCUT2D eigenvalue weighted by molar-refractivity contribution is -0.146. The summed E-state index contributed by atoms with van der Waals surface area (Å²) < 4.78 is 9.42. The van der Waals surface area contributed by atoms with Gasteiger partial charge in [0.2, 0.25) is 17.7 Å². The summed E-state index contributed by atoms with van der Waals surface area (Å²) in [6.45, 7) is 14.8. The van der Waals surface area contributed by atoms with Crippen LogP contribution in [0.1, 0.15) is 73.8 Å². The van der Waals surface area contributed by atoms with E-state index >= 15 is 0 Å². The van der Waals surface area contributed by atoms with Gasteiger partial charge in [-0.25, -0.2) is 4.79 Å². The maximum absolute atomic E-state index is 14.1. The highest BCUT2D eigenvalue weighted by atomic mass is 16.5. The maximum atomic E-state index is 14.1. The number of likely N-dealkylation sites (N-methyl/N-ethyl adjacent to an activating group) is 2. The maximum Gasteiger partial charge on any atom is 0.328 e. The highest BCUT2D eigenvalue weighted by Crippen LogP contribution is 2.30. The highest BCUT2D eigenvalue weighted by molar-refractivity contribution is 5.96. The molecule has 0 bridgehead atoms. The number of phenolic OH excluding ortho intramolecular Hbond substituents is 1. The van der Waals surface area contributed by atoms with Gasteiger partial charge in [-0.3, -0.25) is 19.2 Å². The first-order chi connectivity index (χ1) is 21.2. The summed E-state index contributed by atoms with van der Waals surface area (Å²) >= 11 is 0. The number of carbonyl (C=O) groups is 5. The third-order valence-corrected chi connectivity index (χ3v) is 8.20. The van der Waals surface area contributed by atoms with Crippen LogP contribution in [0.15, 0.2) is 35.9 Å². The fourth-order valence-electron chi connectivity index (χ4n) is 5.21. The zero-order chi connectivity index (χ0) is 35.6. The number of nitrogens with one attached hydrogen (secondary N) is 3. The molecule has 0 aliphatic carbocycles. The zero-order valence-corrected chi connectivity index (χ0v) is 29.4. The van der Waals surface area contributed by atoms with E-state index in [0.29, 0.717) is 0 Å². The Balaban J connectivity index is 3.29. The van der Waals surface area contributed by atoms with Gasteiger partial charge < -0.3 is 35.4 Å². The predicted molar refractivity (Wildman–Crippen MR) is 176 cm³/mol. The largest absolute Gasteiger partial charge is 0.508 e. The van der Waals surface area contributed by atoms with E-state index in [-0.39, 0.29) is 41.9 Å². The molecule has 1 aromatic rings. The monoisotopic (exact) mass is 646 g/mol. The van der Waals surface area contributed by atoms with Crippen molar-refractivity contribution in [3.05, 3.63) is 41.5 Å². The van der Waals surface area contributed by atoms with Crippen LogP contribution in [0.3, 0.4) is 0 Å². The third kappa shape index (κ3) is 10.9. The molecule has 46 heavy (non-hydrogen) atoms. The fraction of sp³-hybridized carbons (Fsp3) is 0.618. The van der Waals surface area contributed by atoms with Crippen LogP contribution in [0.25, 0.3) is 0 Å². The summed E-state index contributed by atoms with van der Waals surface area (Å²) in [6.07, 6.45) is 1.55. The second-order valence-corrected chi connectivity index (χ2v) is 13.5. The molecule has 0 heterocycles. The number of hydrogen-bond acceptors (Lipinski definition) is 9. The van der Waals surface area contributed by atoms with Gasteiger partial charge in [-0.05, 0) is 49.4 Å². The normalized spacial score (nSPS) is 14.8. The second kappa shape index (κ2) is 17.1. The van der Waals surface area contributed by atoms with Crippen LogP contribution < -0.4 is 16.0 Å².